The van der Waals surface area contributed by atoms with Crippen LogP contribution in [0.1, 0.15) is 18.4 Å². The van der Waals surface area contributed by atoms with Crippen LogP contribution in [0.3, 0.4) is 0 Å². The second-order valence-corrected chi connectivity index (χ2v) is 4.83. The van der Waals surface area contributed by atoms with Gasteiger partial charge >= 0.3 is 5.69 Å². The van der Waals surface area contributed by atoms with Gasteiger partial charge in [0, 0.05) is 13.6 Å². The van der Waals surface area contributed by atoms with Crippen LogP contribution in [-0.4, -0.2) is 18.5 Å². The van der Waals surface area contributed by atoms with E-state index in [1.54, 1.807) is 12.1 Å². The average molecular weight is 289 g/mol. The van der Waals surface area contributed by atoms with Gasteiger partial charge in [0.15, 0.2) is 0 Å². The van der Waals surface area contributed by atoms with Crippen LogP contribution in [0.25, 0.3) is 0 Å². The molecule has 0 saturated carbocycles. The molecular weight excluding hydrogens is 270 g/mol. The molecule has 2 aromatic rings. The number of nitrogens with one attached hydrogen (secondary N) is 1. The Morgan fingerprint density at radius 3 is 2.67 bits per heavy atom. The highest BCUT2D eigenvalue weighted by Gasteiger charge is 2.22. The van der Waals surface area contributed by atoms with Crippen molar-refractivity contribution in [3.05, 3.63) is 52.0 Å². The van der Waals surface area contributed by atoms with Crippen LogP contribution in [0.5, 0.6) is 0 Å². The fraction of sp³-hybridized carbons (Fsp3) is 0.333. The summed E-state index contributed by atoms with van der Waals surface area (Å²) in [5.41, 5.74) is 1.18. The molecule has 0 aliphatic rings. The maximum Gasteiger partial charge on any atom is 0.315 e. The third-order valence-corrected chi connectivity index (χ3v) is 3.16. The normalized spacial score (nSPS) is 10.4. The maximum atomic E-state index is 11.4. The van der Waals surface area contributed by atoms with E-state index >= 15 is 0 Å². The highest BCUT2D eigenvalue weighted by molar-refractivity contribution is 5.76. The largest absolute Gasteiger partial charge is 0.464 e. The van der Waals surface area contributed by atoms with E-state index in [0.717, 1.165) is 11.5 Å². The molecule has 21 heavy (non-hydrogen) atoms. The number of anilines is 2. The SMILES string of the molecule is CCNc1cccc(N(C)Cc2ccc(C)o2)c1[N+](=O)[O-]. The summed E-state index contributed by atoms with van der Waals surface area (Å²) >= 11 is 0. The third-order valence-electron chi connectivity index (χ3n) is 3.16. The lowest BCUT2D eigenvalue weighted by molar-refractivity contribution is -0.383. The molecule has 0 aliphatic carbocycles. The van der Waals surface area contributed by atoms with Gasteiger partial charge in [0.1, 0.15) is 22.9 Å². The summed E-state index contributed by atoms with van der Waals surface area (Å²) in [6.07, 6.45) is 0. The van der Waals surface area contributed by atoms with Crippen molar-refractivity contribution in [1.29, 1.82) is 0 Å². The van der Waals surface area contributed by atoms with Gasteiger partial charge < -0.3 is 14.6 Å². The molecule has 0 aliphatic heterocycles. The Kier molecular flexibility index (Phi) is 4.47. The van der Waals surface area contributed by atoms with Crippen LogP contribution >= 0.6 is 0 Å². The van der Waals surface area contributed by atoms with Crippen LogP contribution < -0.4 is 10.2 Å². The molecule has 0 radical (unpaired) electrons. The quantitative estimate of drug-likeness (QED) is 0.650. The minimum atomic E-state index is -0.350. The molecule has 0 atom stereocenters. The summed E-state index contributed by atoms with van der Waals surface area (Å²) in [6.45, 7) is 4.89. The molecule has 0 unspecified atom stereocenters. The van der Waals surface area contributed by atoms with Gasteiger partial charge in [-0.25, -0.2) is 0 Å². The van der Waals surface area contributed by atoms with Crippen molar-refractivity contribution in [2.45, 2.75) is 20.4 Å². The van der Waals surface area contributed by atoms with Crippen LogP contribution in [0.2, 0.25) is 0 Å². The molecular formula is C15H19N3O3. The van der Waals surface area contributed by atoms with Crippen LogP contribution in [-0.2, 0) is 6.54 Å². The predicted molar refractivity (Wildman–Crippen MR) is 82.8 cm³/mol. The minimum Gasteiger partial charge on any atom is -0.464 e. The van der Waals surface area contributed by atoms with Gasteiger partial charge in [-0.3, -0.25) is 10.1 Å². The number of furan rings is 1. The Balaban J connectivity index is 2.33. The lowest BCUT2D eigenvalue weighted by Gasteiger charge is -2.19. The number of rotatable bonds is 6. The first-order chi connectivity index (χ1) is 10.0. The number of nitrogens with zero attached hydrogens (tertiary/aromatic N) is 2. The molecule has 0 amide bonds. The number of benzene rings is 1. The van der Waals surface area contributed by atoms with Gasteiger partial charge in [0.25, 0.3) is 0 Å². The van der Waals surface area contributed by atoms with Gasteiger partial charge in [-0.05, 0) is 38.1 Å². The van der Waals surface area contributed by atoms with Crippen molar-refractivity contribution in [3.8, 4) is 0 Å². The second kappa shape index (κ2) is 6.30. The van der Waals surface area contributed by atoms with Crippen LogP contribution in [0.15, 0.2) is 34.7 Å². The molecule has 0 spiro atoms. The van der Waals surface area contributed by atoms with E-state index in [2.05, 4.69) is 5.32 Å². The van der Waals surface area contributed by atoms with E-state index in [9.17, 15) is 10.1 Å². The highest BCUT2D eigenvalue weighted by atomic mass is 16.6. The molecule has 6 nitrogen and oxygen atoms in total. The summed E-state index contributed by atoms with van der Waals surface area (Å²) in [4.78, 5) is 12.9. The number of nitro groups is 1. The first-order valence-corrected chi connectivity index (χ1v) is 6.80. The fourth-order valence-electron chi connectivity index (χ4n) is 2.25. The molecule has 2 rings (SSSR count). The summed E-state index contributed by atoms with van der Waals surface area (Å²) in [5.74, 6) is 1.60. The molecule has 1 heterocycles. The number of nitro benzene ring substituents is 1. The third kappa shape index (κ3) is 3.34. The Labute approximate surface area is 123 Å². The first-order valence-electron chi connectivity index (χ1n) is 6.80. The first kappa shape index (κ1) is 14.9. The van der Waals surface area contributed by atoms with Gasteiger partial charge in [-0.1, -0.05) is 6.07 Å². The molecule has 0 saturated heterocycles. The van der Waals surface area contributed by atoms with Crippen molar-refractivity contribution in [3.63, 3.8) is 0 Å². The molecule has 1 N–H and O–H groups in total. The summed E-state index contributed by atoms with van der Waals surface area (Å²) in [5, 5.41) is 14.4. The maximum absolute atomic E-state index is 11.4. The number of hydrogen-bond donors (Lipinski definition) is 1. The lowest BCUT2D eigenvalue weighted by atomic mass is 10.2. The number of hydrogen-bond acceptors (Lipinski definition) is 5. The van der Waals surface area contributed by atoms with Gasteiger partial charge in [0.2, 0.25) is 0 Å². The van der Waals surface area contributed by atoms with E-state index in [4.69, 9.17) is 4.42 Å². The van der Waals surface area contributed by atoms with Crippen molar-refractivity contribution in [2.75, 3.05) is 23.8 Å². The monoisotopic (exact) mass is 289 g/mol. The topological polar surface area (TPSA) is 71.5 Å². The van der Waals surface area contributed by atoms with Gasteiger partial charge in [-0.15, -0.1) is 0 Å². The molecule has 1 aromatic heterocycles. The van der Waals surface area contributed by atoms with Crippen molar-refractivity contribution in [2.24, 2.45) is 0 Å². The molecule has 112 valence electrons. The smallest absolute Gasteiger partial charge is 0.315 e. The fourth-order valence-corrected chi connectivity index (χ4v) is 2.25. The Morgan fingerprint density at radius 2 is 2.10 bits per heavy atom. The standard InChI is InChI=1S/C15H19N3O3/c1-4-16-13-6-5-7-14(15(13)18(19)20)17(3)10-12-9-8-11(2)21-12/h5-9,16H,4,10H2,1-3H3. The molecule has 0 fully saturated rings. The van der Waals surface area contributed by atoms with E-state index in [-0.39, 0.29) is 10.6 Å². The summed E-state index contributed by atoms with van der Waals surface area (Å²) in [7, 11) is 1.82. The van der Waals surface area contributed by atoms with Crippen LogP contribution in [0.4, 0.5) is 17.1 Å². The van der Waals surface area contributed by atoms with E-state index in [1.807, 2.05) is 44.0 Å². The van der Waals surface area contributed by atoms with Crippen molar-refractivity contribution >= 4 is 17.1 Å². The zero-order valence-electron chi connectivity index (χ0n) is 12.4. The Morgan fingerprint density at radius 1 is 1.33 bits per heavy atom. The zero-order chi connectivity index (χ0) is 15.4. The van der Waals surface area contributed by atoms with E-state index in [1.165, 1.54) is 0 Å². The van der Waals surface area contributed by atoms with Crippen molar-refractivity contribution < 1.29 is 9.34 Å². The Hall–Kier alpha value is -2.50. The summed E-state index contributed by atoms with van der Waals surface area (Å²) < 4.78 is 5.53. The lowest BCUT2D eigenvalue weighted by Crippen LogP contribution is -2.18. The predicted octanol–water partition coefficient (Wildman–Crippen LogP) is 3.56. The van der Waals surface area contributed by atoms with Gasteiger partial charge in [0.05, 0.1) is 11.5 Å². The number of aryl methyl sites for hydroxylation is 1. The highest BCUT2D eigenvalue weighted by Crippen LogP contribution is 2.35. The molecule has 1 aromatic carbocycles. The van der Waals surface area contributed by atoms with Crippen LogP contribution in [0, 0.1) is 17.0 Å². The van der Waals surface area contributed by atoms with E-state index in [0.29, 0.717) is 24.5 Å². The van der Waals surface area contributed by atoms with E-state index < -0.39 is 0 Å². The zero-order valence-corrected chi connectivity index (χ0v) is 12.4. The molecule has 6 heteroatoms. The van der Waals surface area contributed by atoms with Gasteiger partial charge in [-0.2, -0.15) is 0 Å². The number of para-hydroxylation sites is 1. The molecule has 0 bridgehead atoms. The van der Waals surface area contributed by atoms with Crippen molar-refractivity contribution in [1.82, 2.24) is 0 Å². The average Bonchev–Trinajstić information content (AvgIpc) is 2.84. The second-order valence-electron chi connectivity index (χ2n) is 4.83. The minimum absolute atomic E-state index is 0.0881. The Bertz CT molecular complexity index is 637. The summed E-state index contributed by atoms with van der Waals surface area (Å²) in [6, 6.07) is 9.04.